The summed E-state index contributed by atoms with van der Waals surface area (Å²) in [6.07, 6.45) is 5.66. The number of hydrogen-bond donors (Lipinski definition) is 1. The molecule has 0 spiro atoms. The predicted molar refractivity (Wildman–Crippen MR) is 76.9 cm³/mol. The largest absolute Gasteiger partial charge is 0.305 e. The minimum atomic E-state index is 0.376. The van der Waals surface area contributed by atoms with E-state index in [0.717, 1.165) is 6.54 Å². The van der Waals surface area contributed by atoms with Crippen LogP contribution in [0, 0.1) is 0 Å². The van der Waals surface area contributed by atoms with Crippen LogP contribution in [0.4, 0.5) is 0 Å². The van der Waals surface area contributed by atoms with Crippen LogP contribution in [0.25, 0.3) is 0 Å². The van der Waals surface area contributed by atoms with E-state index >= 15 is 0 Å². The summed E-state index contributed by atoms with van der Waals surface area (Å²) < 4.78 is 1.92. The fraction of sp³-hybridized carbons (Fsp3) is 0.438. The van der Waals surface area contributed by atoms with Gasteiger partial charge in [0, 0.05) is 25.8 Å². The zero-order valence-electron chi connectivity index (χ0n) is 11.7. The van der Waals surface area contributed by atoms with Gasteiger partial charge in [-0.2, -0.15) is 5.10 Å². The Hall–Kier alpha value is -1.61. The second kappa shape index (κ2) is 5.17. The minimum Gasteiger partial charge on any atom is -0.305 e. The number of hydrogen-bond acceptors (Lipinski definition) is 2. The highest BCUT2D eigenvalue weighted by molar-refractivity contribution is 5.36. The first-order valence-corrected chi connectivity index (χ1v) is 7.06. The van der Waals surface area contributed by atoms with Gasteiger partial charge in [0.2, 0.25) is 0 Å². The number of benzene rings is 1. The third-order valence-electron chi connectivity index (χ3n) is 4.13. The molecule has 1 atom stereocenters. The predicted octanol–water partition coefficient (Wildman–Crippen LogP) is 2.76. The lowest BCUT2D eigenvalue weighted by atomic mass is 10.0. The standard InChI is InChI=1S/C16H21N3/c1-12(17-11-16-8-9-18-19(16)2)14-7-6-13-4-3-5-15(13)10-14/h6-10,12,17H,3-5,11H2,1-2H3. The molecule has 1 N–H and O–H groups in total. The van der Waals surface area contributed by atoms with Gasteiger partial charge in [0.25, 0.3) is 0 Å². The van der Waals surface area contributed by atoms with Crippen molar-refractivity contribution in [2.75, 3.05) is 0 Å². The summed E-state index contributed by atoms with van der Waals surface area (Å²) in [4.78, 5) is 0. The molecule has 19 heavy (non-hydrogen) atoms. The van der Waals surface area contributed by atoms with Gasteiger partial charge >= 0.3 is 0 Å². The van der Waals surface area contributed by atoms with Crippen molar-refractivity contribution in [1.29, 1.82) is 0 Å². The van der Waals surface area contributed by atoms with E-state index in [1.54, 1.807) is 11.1 Å². The molecule has 100 valence electrons. The number of rotatable bonds is 4. The highest BCUT2D eigenvalue weighted by Gasteiger charge is 2.13. The quantitative estimate of drug-likeness (QED) is 0.910. The molecule has 0 saturated carbocycles. The molecule has 0 bridgehead atoms. The molecule has 0 amide bonds. The van der Waals surface area contributed by atoms with Crippen LogP contribution in [0.1, 0.15) is 41.8 Å². The Morgan fingerprint density at radius 2 is 2.11 bits per heavy atom. The average molecular weight is 255 g/mol. The lowest BCUT2D eigenvalue weighted by Gasteiger charge is -2.15. The fourth-order valence-electron chi connectivity index (χ4n) is 2.81. The summed E-state index contributed by atoms with van der Waals surface area (Å²) in [5.74, 6) is 0. The summed E-state index contributed by atoms with van der Waals surface area (Å²) in [6, 6.07) is 9.39. The molecular formula is C16H21N3. The van der Waals surface area contributed by atoms with Crippen molar-refractivity contribution in [2.45, 2.75) is 38.8 Å². The molecule has 1 aliphatic rings. The van der Waals surface area contributed by atoms with E-state index in [-0.39, 0.29) is 0 Å². The van der Waals surface area contributed by atoms with Crippen LogP contribution in [-0.4, -0.2) is 9.78 Å². The Bertz CT molecular complexity index is 571. The van der Waals surface area contributed by atoms with E-state index in [4.69, 9.17) is 0 Å². The molecule has 0 saturated heterocycles. The summed E-state index contributed by atoms with van der Waals surface area (Å²) in [5.41, 5.74) is 5.70. The Morgan fingerprint density at radius 3 is 2.89 bits per heavy atom. The Balaban J connectivity index is 1.67. The van der Waals surface area contributed by atoms with Gasteiger partial charge in [-0.25, -0.2) is 0 Å². The molecule has 0 radical (unpaired) electrons. The first-order valence-electron chi connectivity index (χ1n) is 7.06. The van der Waals surface area contributed by atoms with Crippen molar-refractivity contribution in [3.05, 3.63) is 52.8 Å². The molecule has 0 fully saturated rings. The maximum atomic E-state index is 4.19. The molecule has 0 aliphatic heterocycles. The fourth-order valence-corrected chi connectivity index (χ4v) is 2.81. The lowest BCUT2D eigenvalue weighted by Crippen LogP contribution is -2.20. The zero-order chi connectivity index (χ0) is 13.2. The number of aromatic nitrogens is 2. The molecule has 1 aromatic carbocycles. The molecule has 2 aromatic rings. The van der Waals surface area contributed by atoms with Gasteiger partial charge in [-0.15, -0.1) is 0 Å². The van der Waals surface area contributed by atoms with Crippen LogP contribution < -0.4 is 5.32 Å². The summed E-state index contributed by atoms with van der Waals surface area (Å²) in [7, 11) is 1.98. The second-order valence-corrected chi connectivity index (χ2v) is 5.43. The van der Waals surface area contributed by atoms with E-state index < -0.39 is 0 Å². The molecule has 3 heteroatoms. The van der Waals surface area contributed by atoms with Gasteiger partial charge in [0.1, 0.15) is 0 Å². The van der Waals surface area contributed by atoms with Gasteiger partial charge < -0.3 is 5.32 Å². The van der Waals surface area contributed by atoms with Crippen LogP contribution >= 0.6 is 0 Å². The smallest absolute Gasteiger partial charge is 0.0518 e. The summed E-state index contributed by atoms with van der Waals surface area (Å²) in [6.45, 7) is 3.09. The van der Waals surface area contributed by atoms with Crippen LogP contribution in [0.2, 0.25) is 0 Å². The molecular weight excluding hydrogens is 234 g/mol. The summed E-state index contributed by atoms with van der Waals surface area (Å²) in [5, 5.41) is 7.76. The maximum Gasteiger partial charge on any atom is 0.0518 e. The van der Waals surface area contributed by atoms with Crippen LogP contribution in [-0.2, 0) is 26.4 Å². The Labute approximate surface area is 114 Å². The van der Waals surface area contributed by atoms with Gasteiger partial charge in [0.05, 0.1) is 5.69 Å². The van der Waals surface area contributed by atoms with Crippen molar-refractivity contribution in [1.82, 2.24) is 15.1 Å². The molecule has 1 aromatic heterocycles. The van der Waals surface area contributed by atoms with E-state index in [1.165, 1.54) is 30.5 Å². The van der Waals surface area contributed by atoms with Crippen LogP contribution in [0.5, 0.6) is 0 Å². The summed E-state index contributed by atoms with van der Waals surface area (Å²) >= 11 is 0. The van der Waals surface area contributed by atoms with E-state index in [2.05, 4.69) is 41.6 Å². The highest BCUT2D eigenvalue weighted by Crippen LogP contribution is 2.25. The third kappa shape index (κ3) is 2.56. The topological polar surface area (TPSA) is 29.9 Å². The monoisotopic (exact) mass is 255 g/mol. The molecule has 1 unspecified atom stereocenters. The maximum absolute atomic E-state index is 4.19. The molecule has 1 heterocycles. The normalized spacial score (nSPS) is 15.5. The van der Waals surface area contributed by atoms with Crippen molar-refractivity contribution in [2.24, 2.45) is 7.05 Å². The molecule has 1 aliphatic carbocycles. The molecule has 3 nitrogen and oxygen atoms in total. The highest BCUT2D eigenvalue weighted by atomic mass is 15.3. The first-order chi connectivity index (χ1) is 9.24. The van der Waals surface area contributed by atoms with Gasteiger partial charge in [-0.05, 0) is 48.9 Å². The van der Waals surface area contributed by atoms with Gasteiger partial charge in [-0.3, -0.25) is 4.68 Å². The number of nitrogens with one attached hydrogen (secondary N) is 1. The van der Waals surface area contributed by atoms with Crippen molar-refractivity contribution in [3.63, 3.8) is 0 Å². The molecule has 3 rings (SSSR count). The van der Waals surface area contributed by atoms with Crippen molar-refractivity contribution in [3.8, 4) is 0 Å². The van der Waals surface area contributed by atoms with Crippen molar-refractivity contribution < 1.29 is 0 Å². The SMILES string of the molecule is CC(NCc1ccnn1C)c1ccc2c(c1)CCC2. The average Bonchev–Trinajstić information content (AvgIpc) is 3.03. The minimum absolute atomic E-state index is 0.376. The second-order valence-electron chi connectivity index (χ2n) is 5.43. The number of nitrogens with zero attached hydrogens (tertiary/aromatic N) is 2. The van der Waals surface area contributed by atoms with E-state index in [0.29, 0.717) is 6.04 Å². The van der Waals surface area contributed by atoms with E-state index in [9.17, 15) is 0 Å². The lowest BCUT2D eigenvalue weighted by molar-refractivity contribution is 0.548. The third-order valence-corrected chi connectivity index (χ3v) is 4.13. The zero-order valence-corrected chi connectivity index (χ0v) is 11.7. The van der Waals surface area contributed by atoms with Crippen LogP contribution in [0.3, 0.4) is 0 Å². The Morgan fingerprint density at radius 1 is 1.26 bits per heavy atom. The van der Waals surface area contributed by atoms with Crippen molar-refractivity contribution >= 4 is 0 Å². The van der Waals surface area contributed by atoms with Gasteiger partial charge in [0.15, 0.2) is 0 Å². The number of aryl methyl sites for hydroxylation is 3. The Kier molecular flexibility index (Phi) is 3.38. The van der Waals surface area contributed by atoms with E-state index in [1.807, 2.05) is 17.9 Å². The first kappa shape index (κ1) is 12.4. The van der Waals surface area contributed by atoms with Crippen LogP contribution in [0.15, 0.2) is 30.5 Å². The number of fused-ring (bicyclic) bond motifs is 1. The van der Waals surface area contributed by atoms with Gasteiger partial charge in [-0.1, -0.05) is 18.2 Å².